The standard InChI is InChI=1S/C23H24ClNO3/c1-3-4-10-21(28-16(2)26)18-8-5-7-17(14-18)15-27-22-11-6-9-19-20(24)12-13-25-23(19)22/h5-9,11-14,21H,3-4,10,15H2,1-2H3. The first-order chi connectivity index (χ1) is 13.6. The number of carbonyl (C=O) groups is 1. The van der Waals surface area contributed by atoms with Gasteiger partial charge in [0.25, 0.3) is 0 Å². The van der Waals surface area contributed by atoms with Crippen LogP contribution in [0.5, 0.6) is 5.75 Å². The number of esters is 1. The van der Waals surface area contributed by atoms with Gasteiger partial charge in [-0.15, -0.1) is 0 Å². The van der Waals surface area contributed by atoms with Crippen LogP contribution < -0.4 is 4.74 Å². The van der Waals surface area contributed by atoms with E-state index in [4.69, 9.17) is 21.1 Å². The van der Waals surface area contributed by atoms with Crippen LogP contribution in [0.4, 0.5) is 0 Å². The molecule has 0 radical (unpaired) electrons. The van der Waals surface area contributed by atoms with Crippen LogP contribution in [-0.2, 0) is 16.1 Å². The van der Waals surface area contributed by atoms with Gasteiger partial charge in [-0.25, -0.2) is 0 Å². The van der Waals surface area contributed by atoms with Crippen LogP contribution in [0.25, 0.3) is 10.9 Å². The Bertz CT molecular complexity index is 957. The Morgan fingerprint density at radius 2 is 2.00 bits per heavy atom. The number of halogens is 1. The summed E-state index contributed by atoms with van der Waals surface area (Å²) >= 11 is 6.25. The average molecular weight is 398 g/mol. The lowest BCUT2D eigenvalue weighted by molar-refractivity contribution is -0.147. The molecule has 4 nitrogen and oxygen atoms in total. The summed E-state index contributed by atoms with van der Waals surface area (Å²) in [5.41, 5.74) is 2.74. The highest BCUT2D eigenvalue weighted by Crippen LogP contribution is 2.29. The molecule has 0 aliphatic rings. The minimum absolute atomic E-state index is 0.226. The molecular weight excluding hydrogens is 374 g/mol. The maximum absolute atomic E-state index is 11.5. The quantitative estimate of drug-likeness (QED) is 0.421. The van der Waals surface area contributed by atoms with Gasteiger partial charge >= 0.3 is 5.97 Å². The molecule has 3 rings (SSSR count). The van der Waals surface area contributed by atoms with Crippen LogP contribution in [0.2, 0.25) is 5.02 Å². The number of rotatable bonds is 8. The van der Waals surface area contributed by atoms with Crippen molar-refractivity contribution in [2.24, 2.45) is 0 Å². The molecular formula is C23H24ClNO3. The molecule has 0 saturated heterocycles. The Morgan fingerprint density at radius 1 is 1.18 bits per heavy atom. The zero-order valence-electron chi connectivity index (χ0n) is 16.2. The maximum Gasteiger partial charge on any atom is 0.303 e. The topological polar surface area (TPSA) is 48.4 Å². The number of para-hydroxylation sites is 1. The van der Waals surface area contributed by atoms with Crippen LogP contribution in [0.1, 0.15) is 50.3 Å². The highest BCUT2D eigenvalue weighted by atomic mass is 35.5. The molecule has 146 valence electrons. The summed E-state index contributed by atoms with van der Waals surface area (Å²) in [7, 11) is 0. The third-order valence-corrected chi connectivity index (χ3v) is 4.86. The average Bonchev–Trinajstić information content (AvgIpc) is 2.70. The molecule has 1 aromatic heterocycles. The van der Waals surface area contributed by atoms with E-state index in [0.717, 1.165) is 41.3 Å². The van der Waals surface area contributed by atoms with Gasteiger partial charge in [-0.3, -0.25) is 9.78 Å². The first-order valence-corrected chi connectivity index (χ1v) is 9.88. The van der Waals surface area contributed by atoms with Crippen molar-refractivity contribution >= 4 is 28.5 Å². The number of unbranched alkanes of at least 4 members (excludes halogenated alkanes) is 1. The van der Waals surface area contributed by atoms with Crippen molar-refractivity contribution in [2.45, 2.75) is 45.8 Å². The third kappa shape index (κ3) is 5.02. The van der Waals surface area contributed by atoms with Crippen molar-refractivity contribution in [3.63, 3.8) is 0 Å². The molecule has 0 aliphatic carbocycles. The van der Waals surface area contributed by atoms with Crippen LogP contribution in [-0.4, -0.2) is 11.0 Å². The number of pyridine rings is 1. The second kappa shape index (κ2) is 9.56. The molecule has 0 fully saturated rings. The number of benzene rings is 2. The molecule has 1 unspecified atom stereocenters. The van der Waals surface area contributed by atoms with Gasteiger partial charge in [-0.1, -0.05) is 55.3 Å². The predicted molar refractivity (Wildman–Crippen MR) is 112 cm³/mol. The number of hydrogen-bond acceptors (Lipinski definition) is 4. The maximum atomic E-state index is 11.5. The first kappa shape index (κ1) is 20.2. The molecule has 5 heteroatoms. The van der Waals surface area contributed by atoms with Gasteiger partial charge in [0.15, 0.2) is 0 Å². The smallest absolute Gasteiger partial charge is 0.303 e. The van der Waals surface area contributed by atoms with Crippen LogP contribution in [0.15, 0.2) is 54.7 Å². The van der Waals surface area contributed by atoms with Gasteiger partial charge in [0.2, 0.25) is 0 Å². The highest BCUT2D eigenvalue weighted by molar-refractivity contribution is 6.35. The van der Waals surface area contributed by atoms with E-state index in [1.54, 1.807) is 12.3 Å². The van der Waals surface area contributed by atoms with E-state index < -0.39 is 0 Å². The summed E-state index contributed by atoms with van der Waals surface area (Å²) in [5, 5.41) is 1.52. The predicted octanol–water partition coefficient (Wildman–Crippen LogP) is 6.26. The SMILES string of the molecule is CCCCC(OC(C)=O)c1cccc(COc2cccc3c(Cl)ccnc23)c1. The van der Waals surface area contributed by atoms with Gasteiger partial charge in [0.05, 0.1) is 5.02 Å². The normalized spacial score (nSPS) is 12.0. The molecule has 0 spiro atoms. The van der Waals surface area contributed by atoms with E-state index in [2.05, 4.69) is 11.9 Å². The number of fused-ring (bicyclic) bond motifs is 1. The van der Waals surface area contributed by atoms with E-state index in [9.17, 15) is 4.79 Å². The number of aromatic nitrogens is 1. The zero-order chi connectivity index (χ0) is 19.9. The molecule has 28 heavy (non-hydrogen) atoms. The van der Waals surface area contributed by atoms with Crippen LogP contribution in [0.3, 0.4) is 0 Å². The van der Waals surface area contributed by atoms with Crippen molar-refractivity contribution in [2.75, 3.05) is 0 Å². The van der Waals surface area contributed by atoms with E-state index in [-0.39, 0.29) is 12.1 Å². The number of ether oxygens (including phenoxy) is 2. The summed E-state index contributed by atoms with van der Waals surface area (Å²) in [6, 6.07) is 15.5. The highest BCUT2D eigenvalue weighted by Gasteiger charge is 2.15. The fourth-order valence-electron chi connectivity index (χ4n) is 3.16. The molecule has 1 heterocycles. The molecule has 0 aliphatic heterocycles. The fraction of sp³-hybridized carbons (Fsp3) is 0.304. The Kier molecular flexibility index (Phi) is 6.88. The number of carbonyl (C=O) groups excluding carboxylic acids is 1. The lowest BCUT2D eigenvalue weighted by Crippen LogP contribution is -2.09. The molecule has 2 aromatic carbocycles. The van der Waals surface area contributed by atoms with E-state index in [1.165, 1.54) is 6.92 Å². The minimum atomic E-state index is -0.263. The zero-order valence-corrected chi connectivity index (χ0v) is 16.9. The summed E-state index contributed by atoms with van der Waals surface area (Å²) in [6.45, 7) is 3.96. The monoisotopic (exact) mass is 397 g/mol. The lowest BCUT2D eigenvalue weighted by Gasteiger charge is -2.18. The number of nitrogens with zero attached hydrogens (tertiary/aromatic N) is 1. The van der Waals surface area contributed by atoms with Crippen molar-refractivity contribution < 1.29 is 14.3 Å². The van der Waals surface area contributed by atoms with Gasteiger partial charge in [0, 0.05) is 18.5 Å². The second-order valence-electron chi connectivity index (χ2n) is 6.72. The molecule has 1 atom stereocenters. The second-order valence-corrected chi connectivity index (χ2v) is 7.13. The minimum Gasteiger partial charge on any atom is -0.487 e. The van der Waals surface area contributed by atoms with E-state index >= 15 is 0 Å². The fourth-order valence-corrected chi connectivity index (χ4v) is 3.37. The van der Waals surface area contributed by atoms with Crippen molar-refractivity contribution in [1.29, 1.82) is 0 Å². The Hall–Kier alpha value is -2.59. The van der Waals surface area contributed by atoms with E-state index in [0.29, 0.717) is 17.4 Å². The lowest BCUT2D eigenvalue weighted by atomic mass is 10.0. The summed E-state index contributed by atoms with van der Waals surface area (Å²) in [4.78, 5) is 15.9. The molecule has 3 aromatic rings. The van der Waals surface area contributed by atoms with Gasteiger partial charge < -0.3 is 9.47 Å². The molecule has 0 bridgehead atoms. The Balaban J connectivity index is 1.78. The van der Waals surface area contributed by atoms with Gasteiger partial charge in [-0.2, -0.15) is 0 Å². The number of hydrogen-bond donors (Lipinski definition) is 0. The van der Waals surface area contributed by atoms with E-state index in [1.807, 2.05) is 42.5 Å². The summed E-state index contributed by atoms with van der Waals surface area (Å²) < 4.78 is 11.6. The molecule has 0 saturated carbocycles. The van der Waals surface area contributed by atoms with Gasteiger partial charge in [-0.05, 0) is 42.2 Å². The third-order valence-electron chi connectivity index (χ3n) is 4.53. The molecule has 0 N–H and O–H groups in total. The summed E-state index contributed by atoms with van der Waals surface area (Å²) in [5.74, 6) is 0.425. The first-order valence-electron chi connectivity index (χ1n) is 9.50. The van der Waals surface area contributed by atoms with Gasteiger partial charge in [0.1, 0.15) is 24.0 Å². The van der Waals surface area contributed by atoms with Crippen LogP contribution >= 0.6 is 11.6 Å². The van der Waals surface area contributed by atoms with Crippen molar-refractivity contribution in [3.8, 4) is 5.75 Å². The van der Waals surface area contributed by atoms with Crippen molar-refractivity contribution in [3.05, 3.63) is 70.9 Å². The summed E-state index contributed by atoms with van der Waals surface area (Å²) in [6.07, 6.45) is 4.32. The molecule has 0 amide bonds. The van der Waals surface area contributed by atoms with Crippen LogP contribution in [0, 0.1) is 0 Å². The van der Waals surface area contributed by atoms with Crippen molar-refractivity contribution in [1.82, 2.24) is 4.98 Å². The largest absolute Gasteiger partial charge is 0.487 e. The Labute approximate surface area is 170 Å². The Morgan fingerprint density at radius 3 is 2.79 bits per heavy atom.